The van der Waals surface area contributed by atoms with Crippen LogP contribution in [0.1, 0.15) is 11.3 Å². The Morgan fingerprint density at radius 3 is 2.76 bits per heavy atom. The molecule has 110 valence electrons. The van der Waals surface area contributed by atoms with Crippen molar-refractivity contribution in [1.82, 2.24) is 9.71 Å². The van der Waals surface area contributed by atoms with Crippen LogP contribution in [0.4, 0.5) is 0 Å². The maximum atomic E-state index is 12.1. The normalized spacial score (nSPS) is 12.0. The molecule has 0 aliphatic carbocycles. The number of para-hydroxylation sites is 1. The number of aromatic amines is 1. The second kappa shape index (κ2) is 5.63. The van der Waals surface area contributed by atoms with Crippen molar-refractivity contribution in [2.24, 2.45) is 0 Å². The lowest BCUT2D eigenvalue weighted by molar-refractivity contribution is 0.584. The molecule has 2 N–H and O–H groups in total. The van der Waals surface area contributed by atoms with E-state index < -0.39 is 10.0 Å². The second-order valence-corrected chi connectivity index (χ2v) is 7.80. The standard InChI is InChI=1S/C15H16N2O2S2/c1-11-12(13-5-2-3-6-14(13)17-11)8-9-16-21(18,19)15-7-4-10-20-15/h2-7,10,16-17H,8-9H2,1H3. The molecule has 3 rings (SSSR count). The van der Waals surface area contributed by atoms with Crippen molar-refractivity contribution in [2.75, 3.05) is 6.54 Å². The van der Waals surface area contributed by atoms with Gasteiger partial charge in [-0.2, -0.15) is 0 Å². The Morgan fingerprint density at radius 1 is 1.19 bits per heavy atom. The van der Waals surface area contributed by atoms with Gasteiger partial charge in [-0.05, 0) is 36.4 Å². The maximum absolute atomic E-state index is 12.1. The van der Waals surface area contributed by atoms with Crippen molar-refractivity contribution in [3.05, 3.63) is 53.0 Å². The van der Waals surface area contributed by atoms with Gasteiger partial charge in [0.1, 0.15) is 4.21 Å². The van der Waals surface area contributed by atoms with Gasteiger partial charge in [0.15, 0.2) is 0 Å². The highest BCUT2D eigenvalue weighted by molar-refractivity contribution is 7.91. The van der Waals surface area contributed by atoms with E-state index in [2.05, 4.69) is 15.8 Å². The Bertz CT molecular complexity index is 849. The average Bonchev–Trinajstić information content (AvgIpc) is 3.08. The number of benzene rings is 1. The molecular weight excluding hydrogens is 304 g/mol. The van der Waals surface area contributed by atoms with Gasteiger partial charge in [-0.3, -0.25) is 0 Å². The SMILES string of the molecule is Cc1[nH]c2ccccc2c1CCNS(=O)(=O)c1cccs1. The van der Waals surface area contributed by atoms with Crippen LogP contribution < -0.4 is 4.72 Å². The molecule has 6 heteroatoms. The summed E-state index contributed by atoms with van der Waals surface area (Å²) in [7, 11) is -3.38. The topological polar surface area (TPSA) is 62.0 Å². The minimum atomic E-state index is -3.38. The van der Waals surface area contributed by atoms with E-state index in [-0.39, 0.29) is 0 Å². The Labute approximate surface area is 127 Å². The summed E-state index contributed by atoms with van der Waals surface area (Å²) < 4.78 is 27.1. The zero-order valence-electron chi connectivity index (χ0n) is 11.6. The zero-order chi connectivity index (χ0) is 14.9. The summed E-state index contributed by atoms with van der Waals surface area (Å²) in [5.74, 6) is 0. The molecule has 0 bridgehead atoms. The molecule has 0 aliphatic rings. The first-order valence-corrected chi connectivity index (χ1v) is 9.03. The first-order valence-electron chi connectivity index (χ1n) is 6.67. The van der Waals surface area contributed by atoms with Crippen LogP contribution in [0.3, 0.4) is 0 Å². The summed E-state index contributed by atoms with van der Waals surface area (Å²) in [6.07, 6.45) is 0.667. The molecule has 0 aliphatic heterocycles. The van der Waals surface area contributed by atoms with E-state index in [4.69, 9.17) is 0 Å². The van der Waals surface area contributed by atoms with Gasteiger partial charge in [-0.15, -0.1) is 11.3 Å². The highest BCUT2D eigenvalue weighted by Crippen LogP contribution is 2.22. The summed E-state index contributed by atoms with van der Waals surface area (Å²) in [6.45, 7) is 2.41. The van der Waals surface area contributed by atoms with Gasteiger partial charge in [0, 0.05) is 23.1 Å². The second-order valence-electron chi connectivity index (χ2n) is 4.85. The van der Waals surface area contributed by atoms with Gasteiger partial charge in [0.2, 0.25) is 10.0 Å². The largest absolute Gasteiger partial charge is 0.358 e. The number of aryl methyl sites for hydroxylation is 1. The van der Waals surface area contributed by atoms with Gasteiger partial charge in [0.25, 0.3) is 0 Å². The molecule has 0 atom stereocenters. The van der Waals surface area contributed by atoms with Gasteiger partial charge in [-0.25, -0.2) is 13.1 Å². The van der Waals surface area contributed by atoms with E-state index in [1.54, 1.807) is 17.5 Å². The molecule has 3 aromatic rings. The number of rotatable bonds is 5. The number of H-pyrrole nitrogens is 1. The number of hydrogen-bond acceptors (Lipinski definition) is 3. The zero-order valence-corrected chi connectivity index (χ0v) is 13.2. The molecule has 2 heterocycles. The van der Waals surface area contributed by atoms with E-state index in [0.717, 1.165) is 16.6 Å². The smallest absolute Gasteiger partial charge is 0.250 e. The molecule has 21 heavy (non-hydrogen) atoms. The Hall–Kier alpha value is -1.63. The van der Waals surface area contributed by atoms with Crippen molar-refractivity contribution < 1.29 is 8.42 Å². The quantitative estimate of drug-likeness (QED) is 0.759. The van der Waals surface area contributed by atoms with Crippen LogP contribution in [-0.4, -0.2) is 19.9 Å². The molecule has 0 amide bonds. The molecule has 0 unspecified atom stereocenters. The summed E-state index contributed by atoms with van der Waals surface area (Å²) in [4.78, 5) is 3.33. The molecule has 4 nitrogen and oxygen atoms in total. The van der Waals surface area contributed by atoms with E-state index in [1.165, 1.54) is 16.9 Å². The fourth-order valence-electron chi connectivity index (χ4n) is 2.45. The van der Waals surface area contributed by atoms with Crippen molar-refractivity contribution in [1.29, 1.82) is 0 Å². The fourth-order valence-corrected chi connectivity index (χ4v) is 4.52. The van der Waals surface area contributed by atoms with Crippen molar-refractivity contribution >= 4 is 32.3 Å². The third-order valence-corrected chi connectivity index (χ3v) is 6.31. The minimum Gasteiger partial charge on any atom is -0.358 e. The van der Waals surface area contributed by atoms with Crippen LogP contribution in [0, 0.1) is 6.92 Å². The number of sulfonamides is 1. The average molecular weight is 320 g/mol. The number of fused-ring (bicyclic) bond motifs is 1. The van der Waals surface area contributed by atoms with Crippen LogP contribution in [0.5, 0.6) is 0 Å². The van der Waals surface area contributed by atoms with Crippen molar-refractivity contribution in [3.8, 4) is 0 Å². The lowest BCUT2D eigenvalue weighted by atomic mass is 10.1. The van der Waals surface area contributed by atoms with Crippen LogP contribution in [0.25, 0.3) is 10.9 Å². The number of aromatic nitrogens is 1. The highest BCUT2D eigenvalue weighted by Gasteiger charge is 2.15. The molecule has 0 spiro atoms. The van der Waals surface area contributed by atoms with E-state index in [0.29, 0.717) is 17.2 Å². The molecule has 0 saturated carbocycles. The molecular formula is C15H16N2O2S2. The van der Waals surface area contributed by atoms with Crippen molar-refractivity contribution in [2.45, 2.75) is 17.6 Å². The van der Waals surface area contributed by atoms with Gasteiger partial charge < -0.3 is 4.98 Å². The number of thiophene rings is 1. The van der Waals surface area contributed by atoms with Crippen LogP contribution in [-0.2, 0) is 16.4 Å². The lowest BCUT2D eigenvalue weighted by Gasteiger charge is -2.05. The van der Waals surface area contributed by atoms with Crippen LogP contribution in [0.15, 0.2) is 46.0 Å². The van der Waals surface area contributed by atoms with Gasteiger partial charge in [0.05, 0.1) is 0 Å². The predicted octanol–water partition coefficient (Wildman–Crippen LogP) is 3.06. The molecule has 0 saturated heterocycles. The van der Waals surface area contributed by atoms with Crippen LogP contribution >= 0.6 is 11.3 Å². The maximum Gasteiger partial charge on any atom is 0.250 e. The third kappa shape index (κ3) is 2.88. The number of nitrogens with one attached hydrogen (secondary N) is 2. The molecule has 0 radical (unpaired) electrons. The predicted molar refractivity (Wildman–Crippen MR) is 86.2 cm³/mol. The molecule has 0 fully saturated rings. The summed E-state index contributed by atoms with van der Waals surface area (Å²) in [5.41, 5.74) is 3.34. The van der Waals surface area contributed by atoms with E-state index >= 15 is 0 Å². The monoisotopic (exact) mass is 320 g/mol. The van der Waals surface area contributed by atoms with E-state index in [9.17, 15) is 8.42 Å². The Morgan fingerprint density at radius 2 is 2.00 bits per heavy atom. The van der Waals surface area contributed by atoms with Crippen LogP contribution in [0.2, 0.25) is 0 Å². The Kier molecular flexibility index (Phi) is 3.84. The summed E-state index contributed by atoms with van der Waals surface area (Å²) >= 11 is 1.23. The molecule has 2 aromatic heterocycles. The highest BCUT2D eigenvalue weighted by atomic mass is 32.2. The van der Waals surface area contributed by atoms with Crippen molar-refractivity contribution in [3.63, 3.8) is 0 Å². The van der Waals surface area contributed by atoms with Gasteiger partial charge >= 0.3 is 0 Å². The fraction of sp³-hybridized carbons (Fsp3) is 0.200. The number of hydrogen-bond donors (Lipinski definition) is 2. The Balaban J connectivity index is 1.74. The third-order valence-electron chi connectivity index (χ3n) is 3.45. The lowest BCUT2D eigenvalue weighted by Crippen LogP contribution is -2.25. The summed E-state index contributed by atoms with van der Waals surface area (Å²) in [6, 6.07) is 11.4. The summed E-state index contributed by atoms with van der Waals surface area (Å²) in [5, 5.41) is 2.92. The first-order chi connectivity index (χ1) is 10.1. The first kappa shape index (κ1) is 14.3. The van der Waals surface area contributed by atoms with Gasteiger partial charge in [-0.1, -0.05) is 24.3 Å². The van der Waals surface area contributed by atoms with E-state index in [1.807, 2.05) is 25.1 Å². The minimum absolute atomic E-state index is 0.359. The molecule has 1 aromatic carbocycles.